The highest BCUT2D eigenvalue weighted by Crippen LogP contribution is 2.19. The standard InChI is InChI=1S/C12H14N4O3S/c1-2-19-10-5-3-9(4-6-10)16-20(17,18)11-7-14-12(13)15-8-11/h3-8,16H,2H2,1H3,(H2,13,14,15). The third-order valence-electron chi connectivity index (χ3n) is 2.38. The third kappa shape index (κ3) is 3.35. The van der Waals surface area contributed by atoms with E-state index < -0.39 is 10.0 Å². The molecule has 1 aromatic heterocycles. The smallest absolute Gasteiger partial charge is 0.264 e. The predicted octanol–water partition coefficient (Wildman–Crippen LogP) is 1.26. The van der Waals surface area contributed by atoms with E-state index in [1.54, 1.807) is 24.3 Å². The molecule has 0 aliphatic carbocycles. The van der Waals surface area contributed by atoms with Gasteiger partial charge in [0.05, 0.1) is 19.0 Å². The molecule has 0 fully saturated rings. The molecule has 106 valence electrons. The zero-order valence-corrected chi connectivity index (χ0v) is 11.6. The first kappa shape index (κ1) is 14.1. The quantitative estimate of drug-likeness (QED) is 0.859. The number of hydrogen-bond donors (Lipinski definition) is 2. The van der Waals surface area contributed by atoms with Gasteiger partial charge in [0.2, 0.25) is 5.95 Å². The minimum Gasteiger partial charge on any atom is -0.494 e. The maximum absolute atomic E-state index is 12.1. The van der Waals surface area contributed by atoms with Crippen molar-refractivity contribution in [3.63, 3.8) is 0 Å². The zero-order chi connectivity index (χ0) is 14.6. The van der Waals surface area contributed by atoms with Crippen LogP contribution in [0, 0.1) is 0 Å². The SMILES string of the molecule is CCOc1ccc(NS(=O)(=O)c2cnc(N)nc2)cc1. The van der Waals surface area contributed by atoms with E-state index in [0.717, 1.165) is 12.4 Å². The lowest BCUT2D eigenvalue weighted by molar-refractivity contribution is 0.340. The van der Waals surface area contributed by atoms with Crippen molar-refractivity contribution in [2.75, 3.05) is 17.1 Å². The summed E-state index contributed by atoms with van der Waals surface area (Å²) in [6.07, 6.45) is 2.30. The fourth-order valence-electron chi connectivity index (χ4n) is 1.46. The molecular weight excluding hydrogens is 280 g/mol. The van der Waals surface area contributed by atoms with Crippen LogP contribution in [0.1, 0.15) is 6.92 Å². The fourth-order valence-corrected chi connectivity index (χ4v) is 2.41. The number of hydrogen-bond acceptors (Lipinski definition) is 6. The Kier molecular flexibility index (Phi) is 4.04. The van der Waals surface area contributed by atoms with Crippen molar-refractivity contribution >= 4 is 21.7 Å². The number of benzene rings is 1. The Morgan fingerprint density at radius 3 is 2.35 bits per heavy atom. The van der Waals surface area contributed by atoms with Crippen molar-refractivity contribution in [2.45, 2.75) is 11.8 Å². The van der Waals surface area contributed by atoms with Crippen molar-refractivity contribution in [1.82, 2.24) is 9.97 Å². The molecule has 0 radical (unpaired) electrons. The molecule has 1 heterocycles. The summed E-state index contributed by atoms with van der Waals surface area (Å²) in [4.78, 5) is 7.25. The molecule has 0 saturated heterocycles. The minimum atomic E-state index is -3.73. The van der Waals surface area contributed by atoms with E-state index in [2.05, 4.69) is 14.7 Å². The minimum absolute atomic E-state index is 0.0185. The number of nitrogens with zero attached hydrogens (tertiary/aromatic N) is 2. The third-order valence-corrected chi connectivity index (χ3v) is 3.71. The molecule has 7 nitrogen and oxygen atoms in total. The van der Waals surface area contributed by atoms with Crippen molar-refractivity contribution in [3.8, 4) is 5.75 Å². The second-order valence-electron chi connectivity index (χ2n) is 3.84. The molecule has 0 atom stereocenters. The Hall–Kier alpha value is -2.35. The highest BCUT2D eigenvalue weighted by atomic mass is 32.2. The Balaban J connectivity index is 2.17. The number of rotatable bonds is 5. The van der Waals surface area contributed by atoms with Gasteiger partial charge in [0.1, 0.15) is 10.6 Å². The summed E-state index contributed by atoms with van der Waals surface area (Å²) in [6.45, 7) is 2.42. The van der Waals surface area contributed by atoms with Gasteiger partial charge in [-0.25, -0.2) is 18.4 Å². The van der Waals surface area contributed by atoms with E-state index in [1.165, 1.54) is 0 Å². The number of sulfonamides is 1. The lowest BCUT2D eigenvalue weighted by Crippen LogP contribution is -2.14. The van der Waals surface area contributed by atoms with Crippen molar-refractivity contribution in [2.24, 2.45) is 0 Å². The van der Waals surface area contributed by atoms with Crippen LogP contribution in [0.2, 0.25) is 0 Å². The van der Waals surface area contributed by atoms with E-state index in [9.17, 15) is 8.42 Å². The lowest BCUT2D eigenvalue weighted by Gasteiger charge is -2.08. The van der Waals surface area contributed by atoms with E-state index >= 15 is 0 Å². The second kappa shape index (κ2) is 5.74. The Morgan fingerprint density at radius 1 is 1.20 bits per heavy atom. The molecule has 2 aromatic rings. The maximum atomic E-state index is 12.1. The number of nitrogens with two attached hydrogens (primary N) is 1. The Morgan fingerprint density at radius 2 is 1.80 bits per heavy atom. The van der Waals surface area contributed by atoms with Crippen LogP contribution in [0.15, 0.2) is 41.6 Å². The van der Waals surface area contributed by atoms with Gasteiger partial charge < -0.3 is 10.5 Å². The molecule has 3 N–H and O–H groups in total. The van der Waals surface area contributed by atoms with Crippen molar-refractivity contribution in [1.29, 1.82) is 0 Å². The van der Waals surface area contributed by atoms with E-state index in [0.29, 0.717) is 18.0 Å². The van der Waals surface area contributed by atoms with E-state index in [-0.39, 0.29) is 10.8 Å². The average molecular weight is 294 g/mol. The van der Waals surface area contributed by atoms with Crippen LogP contribution in [0.4, 0.5) is 11.6 Å². The molecule has 0 bridgehead atoms. The van der Waals surface area contributed by atoms with Gasteiger partial charge in [0, 0.05) is 5.69 Å². The molecule has 0 spiro atoms. The first-order chi connectivity index (χ1) is 9.51. The topological polar surface area (TPSA) is 107 Å². The van der Waals surface area contributed by atoms with Crippen LogP contribution in [0.3, 0.4) is 0 Å². The molecule has 20 heavy (non-hydrogen) atoms. The molecule has 1 aromatic carbocycles. The zero-order valence-electron chi connectivity index (χ0n) is 10.8. The Labute approximate surface area is 116 Å². The summed E-state index contributed by atoms with van der Waals surface area (Å²) in [5, 5.41) is 0. The summed E-state index contributed by atoms with van der Waals surface area (Å²) in [5.74, 6) is 0.691. The van der Waals surface area contributed by atoms with Crippen LogP contribution in [0.25, 0.3) is 0 Å². The van der Waals surface area contributed by atoms with Crippen LogP contribution in [-0.4, -0.2) is 25.0 Å². The summed E-state index contributed by atoms with van der Waals surface area (Å²) in [5.41, 5.74) is 5.74. The first-order valence-corrected chi connectivity index (χ1v) is 7.33. The molecule has 0 saturated carbocycles. The maximum Gasteiger partial charge on any atom is 0.264 e. The summed E-state index contributed by atoms with van der Waals surface area (Å²) >= 11 is 0. The van der Waals surface area contributed by atoms with Gasteiger partial charge in [-0.05, 0) is 31.2 Å². The van der Waals surface area contributed by atoms with Crippen LogP contribution in [0.5, 0.6) is 5.75 Å². The molecule has 0 unspecified atom stereocenters. The highest BCUT2D eigenvalue weighted by molar-refractivity contribution is 7.92. The molecule has 2 rings (SSSR count). The monoisotopic (exact) mass is 294 g/mol. The van der Waals surface area contributed by atoms with Gasteiger partial charge >= 0.3 is 0 Å². The Bertz CT molecular complexity index is 669. The van der Waals surface area contributed by atoms with E-state index in [1.807, 2.05) is 6.92 Å². The number of nitrogen functional groups attached to an aromatic ring is 1. The highest BCUT2D eigenvalue weighted by Gasteiger charge is 2.15. The number of nitrogens with one attached hydrogen (secondary N) is 1. The number of anilines is 2. The molecule has 0 amide bonds. The van der Waals surface area contributed by atoms with Gasteiger partial charge in [0.15, 0.2) is 0 Å². The fraction of sp³-hybridized carbons (Fsp3) is 0.167. The lowest BCUT2D eigenvalue weighted by atomic mass is 10.3. The molecule has 0 aliphatic heterocycles. The molecular formula is C12H14N4O3S. The molecule has 0 aliphatic rings. The van der Waals surface area contributed by atoms with Crippen LogP contribution >= 0.6 is 0 Å². The van der Waals surface area contributed by atoms with Crippen molar-refractivity contribution < 1.29 is 13.2 Å². The van der Waals surface area contributed by atoms with Gasteiger partial charge in [-0.1, -0.05) is 0 Å². The van der Waals surface area contributed by atoms with Gasteiger partial charge in [-0.3, -0.25) is 4.72 Å². The summed E-state index contributed by atoms with van der Waals surface area (Å²) in [7, 11) is -3.73. The number of aromatic nitrogens is 2. The first-order valence-electron chi connectivity index (χ1n) is 5.84. The predicted molar refractivity (Wildman–Crippen MR) is 74.9 cm³/mol. The van der Waals surface area contributed by atoms with Crippen LogP contribution in [-0.2, 0) is 10.0 Å². The van der Waals surface area contributed by atoms with Gasteiger partial charge in [0.25, 0.3) is 10.0 Å². The van der Waals surface area contributed by atoms with E-state index in [4.69, 9.17) is 10.5 Å². The normalized spacial score (nSPS) is 11.1. The largest absolute Gasteiger partial charge is 0.494 e. The van der Waals surface area contributed by atoms with Crippen molar-refractivity contribution in [3.05, 3.63) is 36.7 Å². The molecule has 8 heteroatoms. The average Bonchev–Trinajstić information content (AvgIpc) is 2.41. The van der Waals surface area contributed by atoms with Crippen LogP contribution < -0.4 is 15.2 Å². The summed E-state index contributed by atoms with van der Waals surface area (Å²) in [6, 6.07) is 6.59. The van der Waals surface area contributed by atoms with Gasteiger partial charge in [-0.15, -0.1) is 0 Å². The number of ether oxygens (including phenoxy) is 1. The second-order valence-corrected chi connectivity index (χ2v) is 5.52. The summed E-state index contributed by atoms with van der Waals surface area (Å²) < 4.78 is 31.8. The van der Waals surface area contributed by atoms with Gasteiger partial charge in [-0.2, -0.15) is 0 Å².